The average Bonchev–Trinajstić information content (AvgIpc) is 3.33. The van der Waals surface area contributed by atoms with Crippen LogP contribution in [0.3, 0.4) is 0 Å². The Kier molecular flexibility index (Phi) is 5.85. The Hall–Kier alpha value is -1.99. The maximum absolute atomic E-state index is 14.1. The number of furan rings is 1. The van der Waals surface area contributed by atoms with Crippen LogP contribution < -0.4 is 10.0 Å². The summed E-state index contributed by atoms with van der Waals surface area (Å²) in [5.41, 5.74) is 2.15. The van der Waals surface area contributed by atoms with Crippen molar-refractivity contribution >= 4 is 23.7 Å². The van der Waals surface area contributed by atoms with E-state index in [1.807, 2.05) is 40.7 Å². The first kappa shape index (κ1) is 22.2. The summed E-state index contributed by atoms with van der Waals surface area (Å²) in [5.74, 6) is 1.29. The average molecular weight is 447 g/mol. The zero-order valence-corrected chi connectivity index (χ0v) is 19.5. The molecule has 2 aliphatic carbocycles. The number of amides is 2. The highest BCUT2D eigenvalue weighted by atomic mass is 32.2. The highest BCUT2D eigenvalue weighted by Gasteiger charge is 2.48. The van der Waals surface area contributed by atoms with Gasteiger partial charge in [0.05, 0.1) is 5.60 Å². The molecule has 3 atom stereocenters. The Morgan fingerprint density at radius 1 is 1.19 bits per heavy atom. The molecule has 1 saturated carbocycles. The van der Waals surface area contributed by atoms with E-state index in [4.69, 9.17) is 4.42 Å². The van der Waals surface area contributed by atoms with Crippen molar-refractivity contribution in [2.75, 3.05) is 5.32 Å². The molecule has 1 heterocycles. The van der Waals surface area contributed by atoms with Crippen LogP contribution in [0.2, 0.25) is 0 Å². The summed E-state index contributed by atoms with van der Waals surface area (Å²) >= 11 is 1.09. The first-order valence-corrected chi connectivity index (χ1v) is 11.8. The maximum Gasteiger partial charge on any atom is 0.329 e. The van der Waals surface area contributed by atoms with Crippen LogP contribution >= 0.6 is 11.9 Å². The number of halogens is 1. The smallest absolute Gasteiger partial charge is 0.329 e. The molecule has 31 heavy (non-hydrogen) atoms. The molecule has 0 spiro atoms. The second-order valence-corrected chi connectivity index (χ2v) is 10.4. The number of urea groups is 1. The number of rotatable bonds is 5. The van der Waals surface area contributed by atoms with Gasteiger partial charge in [0.1, 0.15) is 11.6 Å². The van der Waals surface area contributed by atoms with Gasteiger partial charge in [-0.3, -0.25) is 4.72 Å². The lowest BCUT2D eigenvalue weighted by Gasteiger charge is -2.33. The Morgan fingerprint density at radius 2 is 1.84 bits per heavy atom. The molecule has 1 aromatic carbocycles. The van der Waals surface area contributed by atoms with Gasteiger partial charge in [-0.25, -0.2) is 9.18 Å². The number of carbonyl (C=O) groups is 1. The molecule has 3 unspecified atom stereocenters. The predicted molar refractivity (Wildman–Crippen MR) is 121 cm³/mol. The van der Waals surface area contributed by atoms with E-state index in [9.17, 15) is 14.3 Å². The number of fused-ring (bicyclic) bond motifs is 4. The molecule has 2 aromatic rings. The topological polar surface area (TPSA) is 74.5 Å². The third kappa shape index (κ3) is 4.10. The summed E-state index contributed by atoms with van der Waals surface area (Å²) in [5, 5.41) is 14.5. The van der Waals surface area contributed by atoms with Gasteiger partial charge in [-0.15, -0.1) is 0 Å². The first-order chi connectivity index (χ1) is 14.6. The molecule has 3 N–H and O–H groups in total. The molecule has 4 rings (SSSR count). The summed E-state index contributed by atoms with van der Waals surface area (Å²) in [6, 6.07) is 4.42. The summed E-state index contributed by atoms with van der Waals surface area (Å²) in [6.07, 6.45) is 2.99. The second kappa shape index (κ2) is 8.17. The molecular formula is C24H31FN2O3S. The van der Waals surface area contributed by atoms with Gasteiger partial charge in [-0.1, -0.05) is 27.7 Å². The molecule has 0 saturated heterocycles. The van der Waals surface area contributed by atoms with Crippen molar-refractivity contribution in [1.82, 2.24) is 4.72 Å². The van der Waals surface area contributed by atoms with Crippen LogP contribution in [0.25, 0.3) is 0 Å². The molecule has 0 radical (unpaired) electrons. The van der Waals surface area contributed by atoms with Gasteiger partial charge < -0.3 is 14.8 Å². The minimum atomic E-state index is -0.890. The van der Waals surface area contributed by atoms with Crippen LogP contribution in [0.1, 0.15) is 94.1 Å². The Labute approximate surface area is 187 Å². The second-order valence-electron chi connectivity index (χ2n) is 9.62. The van der Waals surface area contributed by atoms with Crippen LogP contribution in [0.15, 0.2) is 27.7 Å². The van der Waals surface area contributed by atoms with Crippen LogP contribution in [0, 0.1) is 11.7 Å². The van der Waals surface area contributed by atoms with E-state index in [0.29, 0.717) is 16.7 Å². The third-order valence-corrected chi connectivity index (χ3v) is 7.46. The van der Waals surface area contributed by atoms with Crippen molar-refractivity contribution in [1.29, 1.82) is 0 Å². The van der Waals surface area contributed by atoms with Crippen molar-refractivity contribution in [3.8, 4) is 0 Å². The third-order valence-electron chi connectivity index (χ3n) is 6.77. The number of hydrogen-bond acceptors (Lipinski definition) is 4. The molecule has 0 aliphatic heterocycles. The fourth-order valence-corrected chi connectivity index (χ4v) is 5.57. The molecule has 168 valence electrons. The van der Waals surface area contributed by atoms with Crippen LogP contribution in [-0.4, -0.2) is 11.1 Å². The molecule has 1 aromatic heterocycles. The molecule has 1 fully saturated rings. The number of hydrogen-bond donors (Lipinski definition) is 3. The molecule has 2 amide bonds. The van der Waals surface area contributed by atoms with Gasteiger partial charge >= 0.3 is 6.03 Å². The fourth-order valence-electron chi connectivity index (χ4n) is 5.02. The highest BCUT2D eigenvalue weighted by molar-refractivity contribution is 7.97. The lowest BCUT2D eigenvalue weighted by atomic mass is 9.76. The Morgan fingerprint density at radius 3 is 2.45 bits per heavy atom. The zero-order valence-electron chi connectivity index (χ0n) is 18.7. The SMILES string of the molecule is CC(C)c1cc(F)cc(C(C)C)c1NC(=O)NSc1cc2c(o1)C1CCC(C1)C2(C)O. The Bertz CT molecular complexity index is 970. The standard InChI is InChI=1S/C24H31FN2O3S/c1-12(2)17-9-16(25)10-18(13(3)4)21(17)26-23(28)27-31-20-11-19-22(30-20)14-6-7-15(8-14)24(19,5)29/h9-15,29H,6-8H2,1-5H3,(H2,26,27,28). The fraction of sp³-hybridized carbons (Fsp3) is 0.542. The van der Waals surface area contributed by atoms with Gasteiger partial charge in [-0.05, 0) is 73.3 Å². The lowest BCUT2D eigenvalue weighted by molar-refractivity contribution is -0.0115. The minimum Gasteiger partial charge on any atom is -0.452 e. The van der Waals surface area contributed by atoms with Crippen LogP contribution in [0.5, 0.6) is 0 Å². The summed E-state index contributed by atoms with van der Waals surface area (Å²) in [4.78, 5) is 12.7. The predicted octanol–water partition coefficient (Wildman–Crippen LogP) is 6.60. The van der Waals surface area contributed by atoms with Crippen LogP contribution in [-0.2, 0) is 5.60 Å². The summed E-state index contributed by atoms with van der Waals surface area (Å²) in [6.45, 7) is 9.76. The van der Waals surface area contributed by atoms with Gasteiger partial charge in [0.15, 0.2) is 5.09 Å². The number of anilines is 1. The van der Waals surface area contributed by atoms with Gasteiger partial charge in [0.25, 0.3) is 0 Å². The quantitative estimate of drug-likeness (QED) is 0.452. The number of aliphatic hydroxyl groups is 1. The minimum absolute atomic E-state index is 0.0607. The number of carbonyl (C=O) groups excluding carboxylic acids is 1. The van der Waals surface area contributed by atoms with E-state index in [2.05, 4.69) is 10.0 Å². The summed E-state index contributed by atoms with van der Waals surface area (Å²) in [7, 11) is 0. The van der Waals surface area contributed by atoms with Crippen LogP contribution in [0.4, 0.5) is 14.9 Å². The van der Waals surface area contributed by atoms with Gasteiger partial charge in [0.2, 0.25) is 0 Å². The first-order valence-electron chi connectivity index (χ1n) is 11.0. The van der Waals surface area contributed by atoms with E-state index in [-0.39, 0.29) is 23.6 Å². The molecular weight excluding hydrogens is 415 g/mol. The van der Waals surface area contributed by atoms with E-state index >= 15 is 0 Å². The van der Waals surface area contributed by atoms with E-state index in [0.717, 1.165) is 53.7 Å². The van der Waals surface area contributed by atoms with Crippen molar-refractivity contribution < 1.29 is 18.7 Å². The number of nitrogens with one attached hydrogen (secondary N) is 2. The van der Waals surface area contributed by atoms with Crippen molar-refractivity contribution in [3.05, 3.63) is 46.5 Å². The number of benzene rings is 1. The van der Waals surface area contributed by atoms with E-state index in [1.54, 1.807) is 0 Å². The highest BCUT2D eigenvalue weighted by Crippen LogP contribution is 2.55. The van der Waals surface area contributed by atoms with Gasteiger partial charge in [0, 0.05) is 29.1 Å². The largest absolute Gasteiger partial charge is 0.452 e. The normalized spacial score (nSPS) is 24.5. The lowest BCUT2D eigenvalue weighted by Crippen LogP contribution is -2.33. The maximum atomic E-state index is 14.1. The monoisotopic (exact) mass is 446 g/mol. The zero-order chi connectivity index (χ0) is 22.5. The van der Waals surface area contributed by atoms with E-state index in [1.165, 1.54) is 12.1 Å². The van der Waals surface area contributed by atoms with Crippen molar-refractivity contribution in [3.63, 3.8) is 0 Å². The van der Waals surface area contributed by atoms with Crippen molar-refractivity contribution in [2.24, 2.45) is 5.92 Å². The van der Waals surface area contributed by atoms with Gasteiger partial charge in [-0.2, -0.15) is 0 Å². The van der Waals surface area contributed by atoms with E-state index < -0.39 is 11.6 Å². The summed E-state index contributed by atoms with van der Waals surface area (Å²) < 4.78 is 22.9. The Balaban J connectivity index is 1.50. The molecule has 2 aliphatic rings. The molecule has 7 heteroatoms. The molecule has 2 bridgehead atoms. The molecule has 5 nitrogen and oxygen atoms in total. The van der Waals surface area contributed by atoms with Crippen molar-refractivity contribution in [2.45, 2.75) is 82.3 Å².